The molecule has 4 nitrogen and oxygen atoms in total. The lowest BCUT2D eigenvalue weighted by atomic mass is 10.0. The molecule has 0 aliphatic heterocycles. The average Bonchev–Trinajstić information content (AvgIpc) is 3.83. The summed E-state index contributed by atoms with van der Waals surface area (Å²) < 4.78 is 4.88. The smallest absolute Gasteiger partial charge is 0.0716 e. The molecule has 0 radical (unpaired) electrons. The maximum atomic E-state index is 5.28. The van der Waals surface area contributed by atoms with Crippen molar-refractivity contribution in [2.75, 3.05) is 0 Å². The number of para-hydroxylation sites is 1. The fraction of sp³-hybridized carbons (Fsp3) is 0.0175. The maximum Gasteiger partial charge on any atom is 0.0716 e. The third-order valence-corrected chi connectivity index (χ3v) is 11.8. The van der Waals surface area contributed by atoms with E-state index in [1.807, 2.05) is 42.5 Å². The second-order valence-electron chi connectivity index (χ2n) is 15.5. The minimum Gasteiger partial charge on any atom is -0.309 e. The van der Waals surface area contributed by atoms with Crippen LogP contribution >= 0.6 is 0 Å². The summed E-state index contributed by atoms with van der Waals surface area (Å²) in [5.74, 6) is 0. The molecule has 0 saturated carbocycles. The van der Waals surface area contributed by atoms with Gasteiger partial charge in [0.1, 0.15) is 0 Å². The van der Waals surface area contributed by atoms with E-state index < -0.39 is 0 Å². The molecular formula is C57H40N4. The molecule has 11 aromatic rings. The summed E-state index contributed by atoms with van der Waals surface area (Å²) in [7, 11) is 0. The number of aromatic nitrogens is 2. The molecule has 0 amide bonds. The average molecular weight is 781 g/mol. The first-order chi connectivity index (χ1) is 30.2. The Kier molecular flexibility index (Phi) is 9.02. The van der Waals surface area contributed by atoms with Crippen LogP contribution in [-0.2, 0) is 6.54 Å². The van der Waals surface area contributed by atoms with Crippen LogP contribution < -0.4 is 0 Å². The number of hydrogen-bond donors (Lipinski definition) is 0. The second kappa shape index (κ2) is 15.3. The lowest BCUT2D eigenvalue weighted by Gasteiger charge is -2.11. The Morgan fingerprint density at radius 2 is 1.05 bits per heavy atom. The van der Waals surface area contributed by atoms with Crippen LogP contribution in [0.3, 0.4) is 0 Å². The molecule has 0 unspecified atom stereocenters. The summed E-state index contributed by atoms with van der Waals surface area (Å²) in [4.78, 5) is 9.70. The Balaban J connectivity index is 1.16. The molecule has 61 heavy (non-hydrogen) atoms. The van der Waals surface area contributed by atoms with Gasteiger partial charge in [-0.15, -0.1) is 0 Å². The largest absolute Gasteiger partial charge is 0.309 e. The first-order valence-corrected chi connectivity index (χ1v) is 20.7. The number of fused-ring (bicyclic) bond motifs is 8. The van der Waals surface area contributed by atoms with E-state index in [9.17, 15) is 0 Å². The first-order valence-electron chi connectivity index (χ1n) is 20.7. The molecule has 2 aromatic heterocycles. The van der Waals surface area contributed by atoms with E-state index in [1.54, 1.807) is 0 Å². The van der Waals surface area contributed by atoms with Gasteiger partial charge in [-0.3, -0.25) is 9.98 Å². The predicted octanol–water partition coefficient (Wildman–Crippen LogP) is 14.4. The fourth-order valence-electron chi connectivity index (χ4n) is 8.99. The van der Waals surface area contributed by atoms with Crippen LogP contribution in [0.1, 0.15) is 16.7 Å². The summed E-state index contributed by atoms with van der Waals surface area (Å²) in [6, 6.07) is 75.7. The summed E-state index contributed by atoms with van der Waals surface area (Å²) >= 11 is 0. The molecular weight excluding hydrogens is 741 g/mol. The van der Waals surface area contributed by atoms with Crippen LogP contribution in [0.25, 0.3) is 82.6 Å². The van der Waals surface area contributed by atoms with Crippen LogP contribution in [0.5, 0.6) is 0 Å². The lowest BCUT2D eigenvalue weighted by molar-refractivity contribution is 1.07. The maximum absolute atomic E-state index is 5.28. The standard InChI is InChI=1S/C57H40N4/c1-58-51(42-20-8-3-9-21-42)37-52(43-22-10-4-11-23-43)59-38-39-29-31-48-49-35-56-50(57-47-28-15-14-19-41(47)30-32-53(57)60(56)45-25-12-5-13-26-45)36-55(49)61(54(48)33-39)46-27-16-24-44(34-46)40-17-6-2-7-18-40/h2-37H,1,38H2/b51-37-,59-52?. The van der Waals surface area contributed by atoms with Crippen LogP contribution in [0, 0.1) is 0 Å². The van der Waals surface area contributed by atoms with Gasteiger partial charge in [0.25, 0.3) is 0 Å². The van der Waals surface area contributed by atoms with Gasteiger partial charge in [-0.05, 0) is 94.4 Å². The molecule has 0 aliphatic rings. The number of rotatable bonds is 9. The molecule has 0 bridgehead atoms. The molecule has 0 aliphatic carbocycles. The van der Waals surface area contributed by atoms with Crippen LogP contribution in [-0.4, -0.2) is 21.6 Å². The zero-order chi connectivity index (χ0) is 40.7. The van der Waals surface area contributed by atoms with Gasteiger partial charge in [0.15, 0.2) is 0 Å². The minimum absolute atomic E-state index is 0.485. The highest BCUT2D eigenvalue weighted by Crippen LogP contribution is 2.42. The summed E-state index contributed by atoms with van der Waals surface area (Å²) in [6.07, 6.45) is 2.05. The summed E-state index contributed by atoms with van der Waals surface area (Å²) in [6.45, 7) is 4.40. The highest BCUT2D eigenvalue weighted by atomic mass is 15.0. The number of benzene rings is 9. The SMILES string of the molecule is C=N/C(=C\C(=NCc1ccc2c3cc4c(cc3n(-c3cccc(-c5ccccc5)c3)c2c1)c1c2ccccc2ccc1n4-c1ccccc1)c1ccccc1)c1ccccc1. The number of allylic oxidation sites excluding steroid dienone is 1. The minimum atomic E-state index is 0.485. The molecule has 2 heterocycles. The Hall–Kier alpha value is -8.08. The van der Waals surface area contributed by atoms with E-state index in [0.717, 1.165) is 50.5 Å². The van der Waals surface area contributed by atoms with E-state index in [1.165, 1.54) is 54.5 Å². The Morgan fingerprint density at radius 1 is 0.443 bits per heavy atom. The third kappa shape index (κ3) is 6.42. The van der Waals surface area contributed by atoms with Crippen molar-refractivity contribution >= 4 is 72.5 Å². The summed E-state index contributed by atoms with van der Waals surface area (Å²) in [5, 5.41) is 7.35. The lowest BCUT2D eigenvalue weighted by Crippen LogP contribution is -2.00. The molecule has 288 valence electrons. The van der Waals surface area contributed by atoms with Gasteiger partial charge in [-0.1, -0.05) is 164 Å². The van der Waals surface area contributed by atoms with Crippen LogP contribution in [0.15, 0.2) is 228 Å². The number of aliphatic imine (C=N–C) groups is 2. The monoisotopic (exact) mass is 780 g/mol. The van der Waals surface area contributed by atoms with Crippen molar-refractivity contribution in [2.24, 2.45) is 9.98 Å². The van der Waals surface area contributed by atoms with Crippen molar-refractivity contribution in [2.45, 2.75) is 6.54 Å². The van der Waals surface area contributed by atoms with Crippen molar-refractivity contribution < 1.29 is 0 Å². The van der Waals surface area contributed by atoms with E-state index in [2.05, 4.69) is 197 Å². The van der Waals surface area contributed by atoms with Gasteiger partial charge in [0.05, 0.1) is 40.0 Å². The number of nitrogens with zero attached hydrogens (tertiary/aromatic N) is 4. The molecule has 9 aromatic carbocycles. The highest BCUT2D eigenvalue weighted by Gasteiger charge is 2.20. The molecule has 0 fully saturated rings. The Bertz CT molecular complexity index is 3480. The van der Waals surface area contributed by atoms with Gasteiger partial charge in [-0.25, -0.2) is 0 Å². The van der Waals surface area contributed by atoms with Crippen molar-refractivity contribution in [3.63, 3.8) is 0 Å². The molecule has 0 spiro atoms. The Labute approximate surface area is 354 Å². The second-order valence-corrected chi connectivity index (χ2v) is 15.5. The molecule has 4 heteroatoms. The normalized spacial score (nSPS) is 12.3. The quantitative estimate of drug-likeness (QED) is 0.131. The van der Waals surface area contributed by atoms with Crippen molar-refractivity contribution in [3.05, 3.63) is 235 Å². The Morgan fingerprint density at radius 3 is 1.82 bits per heavy atom. The molecule has 0 saturated heterocycles. The molecule has 11 rings (SSSR count). The third-order valence-electron chi connectivity index (χ3n) is 11.8. The first kappa shape index (κ1) is 36.0. The molecule has 0 atom stereocenters. The van der Waals surface area contributed by atoms with Gasteiger partial charge in [0.2, 0.25) is 0 Å². The number of hydrogen-bond acceptors (Lipinski definition) is 2. The highest BCUT2D eigenvalue weighted by molar-refractivity contribution is 6.25. The van der Waals surface area contributed by atoms with Crippen molar-refractivity contribution in [1.82, 2.24) is 9.13 Å². The van der Waals surface area contributed by atoms with Crippen LogP contribution in [0.2, 0.25) is 0 Å². The van der Waals surface area contributed by atoms with Crippen molar-refractivity contribution in [1.29, 1.82) is 0 Å². The van der Waals surface area contributed by atoms with Gasteiger partial charge >= 0.3 is 0 Å². The summed E-state index contributed by atoms with van der Waals surface area (Å²) in [5.41, 5.74) is 14.0. The van der Waals surface area contributed by atoms with E-state index in [-0.39, 0.29) is 0 Å². The van der Waals surface area contributed by atoms with Gasteiger partial charge < -0.3 is 9.13 Å². The zero-order valence-corrected chi connectivity index (χ0v) is 33.5. The van der Waals surface area contributed by atoms with Crippen molar-refractivity contribution in [3.8, 4) is 22.5 Å². The van der Waals surface area contributed by atoms with Crippen LogP contribution in [0.4, 0.5) is 0 Å². The molecule has 0 N–H and O–H groups in total. The zero-order valence-electron chi connectivity index (χ0n) is 33.5. The predicted molar refractivity (Wildman–Crippen MR) is 259 cm³/mol. The van der Waals surface area contributed by atoms with Gasteiger partial charge in [-0.2, -0.15) is 0 Å². The fourth-order valence-corrected chi connectivity index (χ4v) is 8.99. The van der Waals surface area contributed by atoms with E-state index in [4.69, 9.17) is 4.99 Å². The van der Waals surface area contributed by atoms with Gasteiger partial charge in [0, 0.05) is 38.5 Å². The topological polar surface area (TPSA) is 34.6 Å². The van der Waals surface area contributed by atoms with E-state index >= 15 is 0 Å². The van der Waals surface area contributed by atoms with E-state index in [0.29, 0.717) is 6.54 Å².